The monoisotopic (exact) mass is 298 g/mol. The number of nitrogens with two attached hydrogens (primary N) is 1. The van der Waals surface area contributed by atoms with Crippen molar-refractivity contribution in [3.63, 3.8) is 0 Å². The van der Waals surface area contributed by atoms with Crippen LogP contribution in [0.5, 0.6) is 0 Å². The highest BCUT2D eigenvalue weighted by molar-refractivity contribution is 7.99. The number of carbonyl (C=O) groups is 1. The van der Waals surface area contributed by atoms with Gasteiger partial charge in [0.1, 0.15) is 11.4 Å². The van der Waals surface area contributed by atoms with Gasteiger partial charge in [0.15, 0.2) is 5.16 Å². The Labute approximate surface area is 123 Å². The predicted octanol–water partition coefficient (Wildman–Crippen LogP) is 1.68. The molecule has 0 aromatic carbocycles. The Hall–Kier alpha value is -1.08. The lowest BCUT2D eigenvalue weighted by atomic mass is 9.98. The molecular formula is C13H22N4O2S. The number of hydrogen-bond acceptors (Lipinski definition) is 5. The van der Waals surface area contributed by atoms with E-state index in [0.717, 1.165) is 36.8 Å². The molecule has 1 aliphatic rings. The van der Waals surface area contributed by atoms with E-state index in [4.69, 9.17) is 10.8 Å². The van der Waals surface area contributed by atoms with E-state index in [9.17, 15) is 4.79 Å². The maximum Gasteiger partial charge on any atom is 0.323 e. The number of aliphatic carboxylic acids is 1. The molecular weight excluding hydrogens is 276 g/mol. The maximum absolute atomic E-state index is 11.1. The van der Waals surface area contributed by atoms with Crippen molar-refractivity contribution in [1.29, 1.82) is 0 Å². The summed E-state index contributed by atoms with van der Waals surface area (Å²) < 4.78 is 2.17. The van der Waals surface area contributed by atoms with E-state index in [0.29, 0.717) is 6.42 Å². The molecule has 2 unspecified atom stereocenters. The highest BCUT2D eigenvalue weighted by Crippen LogP contribution is 2.29. The Morgan fingerprint density at radius 2 is 2.25 bits per heavy atom. The number of rotatable bonds is 5. The van der Waals surface area contributed by atoms with Crippen LogP contribution in [0.25, 0.3) is 0 Å². The van der Waals surface area contributed by atoms with E-state index in [-0.39, 0.29) is 5.25 Å². The summed E-state index contributed by atoms with van der Waals surface area (Å²) in [7, 11) is 0. The lowest BCUT2D eigenvalue weighted by molar-refractivity contribution is -0.142. The number of thioether (sulfide) groups is 1. The molecule has 6 nitrogen and oxygen atoms in total. The third kappa shape index (κ3) is 3.52. The topological polar surface area (TPSA) is 94.0 Å². The van der Waals surface area contributed by atoms with Gasteiger partial charge >= 0.3 is 5.97 Å². The van der Waals surface area contributed by atoms with Crippen LogP contribution in [0.15, 0.2) is 5.16 Å². The van der Waals surface area contributed by atoms with Crippen LogP contribution in [0.2, 0.25) is 0 Å². The van der Waals surface area contributed by atoms with Gasteiger partial charge in [0.05, 0.1) is 0 Å². The molecule has 0 saturated heterocycles. The van der Waals surface area contributed by atoms with Gasteiger partial charge in [0, 0.05) is 18.2 Å². The zero-order valence-electron chi connectivity index (χ0n) is 12.0. The lowest BCUT2D eigenvalue weighted by Crippen LogP contribution is -2.46. The summed E-state index contributed by atoms with van der Waals surface area (Å²) in [4.78, 5) is 11.1. The second kappa shape index (κ2) is 6.13. The molecule has 3 N–H and O–H groups in total. The minimum atomic E-state index is -1.20. The Kier molecular flexibility index (Phi) is 4.70. The summed E-state index contributed by atoms with van der Waals surface area (Å²) in [6, 6.07) is 0. The highest BCUT2D eigenvalue weighted by Gasteiger charge is 2.31. The Morgan fingerprint density at radius 1 is 1.50 bits per heavy atom. The van der Waals surface area contributed by atoms with Gasteiger partial charge in [-0.2, -0.15) is 0 Å². The van der Waals surface area contributed by atoms with Crippen molar-refractivity contribution in [3.8, 4) is 0 Å². The fourth-order valence-electron chi connectivity index (χ4n) is 2.45. The number of aryl methyl sites for hydroxylation is 1. The number of carboxylic acids is 1. The largest absolute Gasteiger partial charge is 0.480 e. The zero-order chi connectivity index (χ0) is 14.8. The summed E-state index contributed by atoms with van der Waals surface area (Å²) in [6.45, 7) is 4.49. The minimum absolute atomic E-state index is 0.0812. The first-order valence-electron chi connectivity index (χ1n) is 7.01. The van der Waals surface area contributed by atoms with Gasteiger partial charge in [-0.25, -0.2) is 0 Å². The van der Waals surface area contributed by atoms with Crippen LogP contribution in [-0.2, 0) is 17.8 Å². The fourth-order valence-corrected chi connectivity index (χ4v) is 3.65. The molecule has 0 fully saturated rings. The van der Waals surface area contributed by atoms with Crippen LogP contribution in [0.4, 0.5) is 0 Å². The average molecular weight is 298 g/mol. The van der Waals surface area contributed by atoms with E-state index in [1.807, 2.05) is 6.92 Å². The molecule has 1 aromatic heterocycles. The number of aromatic nitrogens is 3. The maximum atomic E-state index is 11.1. The van der Waals surface area contributed by atoms with Crippen molar-refractivity contribution in [2.75, 3.05) is 0 Å². The van der Waals surface area contributed by atoms with Gasteiger partial charge in [0.2, 0.25) is 0 Å². The average Bonchev–Trinajstić information content (AvgIpc) is 2.59. The number of carboxylic acid groups (broad SMARTS) is 1. The molecule has 0 radical (unpaired) electrons. The summed E-state index contributed by atoms with van der Waals surface area (Å²) in [5.41, 5.74) is 4.60. The number of nitrogens with zero attached hydrogens (tertiary/aromatic N) is 3. The molecule has 20 heavy (non-hydrogen) atoms. The minimum Gasteiger partial charge on any atom is -0.480 e. The second-order valence-electron chi connectivity index (χ2n) is 5.72. The van der Waals surface area contributed by atoms with Crippen molar-refractivity contribution in [3.05, 3.63) is 5.82 Å². The molecule has 112 valence electrons. The Balaban J connectivity index is 2.03. The van der Waals surface area contributed by atoms with Crippen LogP contribution in [0.3, 0.4) is 0 Å². The predicted molar refractivity (Wildman–Crippen MR) is 77.7 cm³/mol. The molecule has 0 aliphatic carbocycles. The van der Waals surface area contributed by atoms with Crippen molar-refractivity contribution in [2.45, 2.75) is 68.4 Å². The third-order valence-corrected chi connectivity index (χ3v) is 4.66. The van der Waals surface area contributed by atoms with Crippen molar-refractivity contribution in [2.24, 2.45) is 5.73 Å². The van der Waals surface area contributed by atoms with E-state index in [1.165, 1.54) is 6.42 Å². The zero-order valence-corrected chi connectivity index (χ0v) is 12.8. The van der Waals surface area contributed by atoms with Crippen LogP contribution in [0, 0.1) is 0 Å². The lowest BCUT2D eigenvalue weighted by Gasteiger charge is -2.22. The van der Waals surface area contributed by atoms with Crippen molar-refractivity contribution < 1.29 is 9.90 Å². The smallest absolute Gasteiger partial charge is 0.323 e. The first kappa shape index (κ1) is 15.3. The van der Waals surface area contributed by atoms with Crippen molar-refractivity contribution >= 4 is 17.7 Å². The van der Waals surface area contributed by atoms with Gasteiger partial charge in [-0.05, 0) is 26.2 Å². The molecule has 0 saturated carbocycles. The van der Waals surface area contributed by atoms with Gasteiger partial charge in [-0.15, -0.1) is 10.2 Å². The van der Waals surface area contributed by atoms with Gasteiger partial charge in [0.25, 0.3) is 0 Å². The van der Waals surface area contributed by atoms with E-state index < -0.39 is 11.5 Å². The second-order valence-corrected chi connectivity index (χ2v) is 7.12. The Bertz CT molecular complexity index is 487. The highest BCUT2D eigenvalue weighted by atomic mass is 32.2. The van der Waals surface area contributed by atoms with Gasteiger partial charge in [-0.1, -0.05) is 25.1 Å². The normalized spacial score (nSPS) is 19.8. The number of fused-ring (bicyclic) bond motifs is 1. The van der Waals surface area contributed by atoms with E-state index in [1.54, 1.807) is 18.7 Å². The number of hydrogen-bond donors (Lipinski definition) is 2. The van der Waals surface area contributed by atoms with Gasteiger partial charge < -0.3 is 15.4 Å². The van der Waals surface area contributed by atoms with Crippen LogP contribution >= 0.6 is 11.8 Å². The summed E-state index contributed by atoms with van der Waals surface area (Å²) in [6.07, 6.45) is 4.92. The standard InChI is InChI=1S/C13H22N4O2S/c1-9(8-13(2,14)11(18)19)20-12-16-15-10-6-4-3-5-7-17(10)12/h9H,3-8,14H2,1-2H3,(H,18,19). The summed E-state index contributed by atoms with van der Waals surface area (Å²) >= 11 is 1.56. The van der Waals surface area contributed by atoms with Crippen LogP contribution in [-0.4, -0.2) is 36.6 Å². The summed E-state index contributed by atoms with van der Waals surface area (Å²) in [5, 5.41) is 18.5. The van der Waals surface area contributed by atoms with Crippen molar-refractivity contribution in [1.82, 2.24) is 14.8 Å². The quantitative estimate of drug-likeness (QED) is 0.803. The third-order valence-electron chi connectivity index (χ3n) is 3.58. The molecule has 2 atom stereocenters. The van der Waals surface area contributed by atoms with E-state index >= 15 is 0 Å². The molecule has 2 rings (SSSR count). The van der Waals surface area contributed by atoms with Crippen LogP contribution in [0.1, 0.15) is 45.4 Å². The van der Waals surface area contributed by atoms with Crippen LogP contribution < -0.4 is 5.73 Å². The Morgan fingerprint density at radius 3 is 2.95 bits per heavy atom. The molecule has 0 amide bonds. The molecule has 1 aromatic rings. The SMILES string of the molecule is CC(CC(C)(N)C(=O)O)Sc1nnc2n1CCCCC2. The molecule has 1 aliphatic heterocycles. The first-order valence-corrected chi connectivity index (χ1v) is 7.89. The first-order chi connectivity index (χ1) is 9.40. The molecule has 0 bridgehead atoms. The summed E-state index contributed by atoms with van der Waals surface area (Å²) in [5.74, 6) is 0.0796. The molecule has 7 heteroatoms. The van der Waals surface area contributed by atoms with Gasteiger partial charge in [-0.3, -0.25) is 4.79 Å². The molecule has 0 spiro atoms. The fraction of sp³-hybridized carbons (Fsp3) is 0.769. The van der Waals surface area contributed by atoms with E-state index in [2.05, 4.69) is 14.8 Å². The molecule has 2 heterocycles.